The lowest BCUT2D eigenvalue weighted by Gasteiger charge is -2.20. The first-order chi connectivity index (χ1) is 15.1. The maximum absolute atomic E-state index is 13.9. The number of fused-ring (bicyclic) bond motifs is 2. The smallest absolute Gasteiger partial charge is 0.219 e. The van der Waals surface area contributed by atoms with Crippen molar-refractivity contribution in [1.29, 1.82) is 0 Å². The maximum atomic E-state index is 13.9. The number of benzene rings is 2. The molecule has 1 aliphatic heterocycles. The Kier molecular flexibility index (Phi) is 5.11. The van der Waals surface area contributed by atoms with Gasteiger partial charge in [-0.05, 0) is 41.3 Å². The predicted octanol–water partition coefficient (Wildman–Crippen LogP) is 5.40. The van der Waals surface area contributed by atoms with Crippen LogP contribution in [0.2, 0.25) is 0 Å². The van der Waals surface area contributed by atoms with Crippen LogP contribution in [0.5, 0.6) is 0 Å². The van der Waals surface area contributed by atoms with Crippen LogP contribution in [-0.2, 0) is 11.3 Å². The highest BCUT2D eigenvalue weighted by molar-refractivity contribution is 7.21. The van der Waals surface area contributed by atoms with E-state index in [-0.39, 0.29) is 17.8 Å². The van der Waals surface area contributed by atoms with Crippen LogP contribution in [0.4, 0.5) is 10.2 Å². The van der Waals surface area contributed by atoms with Gasteiger partial charge in [-0.3, -0.25) is 4.79 Å². The van der Waals surface area contributed by atoms with E-state index < -0.39 is 0 Å². The van der Waals surface area contributed by atoms with Crippen LogP contribution in [-0.4, -0.2) is 27.3 Å². The summed E-state index contributed by atoms with van der Waals surface area (Å²) in [4.78, 5) is 24.8. The number of hydrogen-bond donors (Lipinski definition) is 1. The zero-order valence-corrected chi connectivity index (χ0v) is 17.8. The topological polar surface area (TPSA) is 58.1 Å². The summed E-state index contributed by atoms with van der Waals surface area (Å²) in [6, 6.07) is 17.0. The third-order valence-electron chi connectivity index (χ3n) is 5.67. The van der Waals surface area contributed by atoms with Gasteiger partial charge in [0, 0.05) is 24.9 Å². The summed E-state index contributed by atoms with van der Waals surface area (Å²) >= 11 is 1.63. The number of nitrogens with zero attached hydrogens (tertiary/aromatic N) is 3. The Morgan fingerprint density at radius 1 is 1.16 bits per heavy atom. The fourth-order valence-corrected chi connectivity index (χ4v) is 5.08. The third-order valence-corrected chi connectivity index (χ3v) is 6.77. The minimum absolute atomic E-state index is 0.00868. The van der Waals surface area contributed by atoms with Crippen molar-refractivity contribution in [2.45, 2.75) is 25.9 Å². The molecule has 5 nitrogen and oxygen atoms in total. The molecule has 7 heteroatoms. The molecule has 0 bridgehead atoms. The normalized spacial score (nSPS) is 16.1. The fourth-order valence-electron chi connectivity index (χ4n) is 4.08. The molecule has 2 aromatic carbocycles. The van der Waals surface area contributed by atoms with Crippen LogP contribution >= 0.6 is 11.3 Å². The van der Waals surface area contributed by atoms with Crippen LogP contribution in [0, 0.1) is 5.82 Å². The predicted molar refractivity (Wildman–Crippen MR) is 121 cm³/mol. The van der Waals surface area contributed by atoms with Gasteiger partial charge < -0.3 is 10.2 Å². The second-order valence-electron chi connectivity index (χ2n) is 7.69. The molecule has 0 fully saturated rings. The summed E-state index contributed by atoms with van der Waals surface area (Å²) in [5, 5.41) is 4.52. The van der Waals surface area contributed by atoms with Crippen molar-refractivity contribution in [2.24, 2.45) is 0 Å². The third kappa shape index (κ3) is 3.88. The van der Waals surface area contributed by atoms with Crippen LogP contribution < -0.4 is 5.32 Å². The number of thiophene rings is 1. The number of halogens is 1. The van der Waals surface area contributed by atoms with E-state index >= 15 is 0 Å². The highest BCUT2D eigenvalue weighted by atomic mass is 32.1. The Morgan fingerprint density at radius 3 is 2.81 bits per heavy atom. The second-order valence-corrected chi connectivity index (χ2v) is 8.72. The van der Waals surface area contributed by atoms with Crippen molar-refractivity contribution in [2.75, 3.05) is 11.9 Å². The molecular weight excluding hydrogens is 411 g/mol. The van der Waals surface area contributed by atoms with E-state index in [4.69, 9.17) is 0 Å². The number of carbonyl (C=O) groups is 1. The maximum Gasteiger partial charge on any atom is 0.219 e. The molecule has 3 heterocycles. The summed E-state index contributed by atoms with van der Waals surface area (Å²) in [5.41, 5.74) is 2.96. The van der Waals surface area contributed by atoms with E-state index in [9.17, 15) is 9.18 Å². The van der Waals surface area contributed by atoms with E-state index in [1.54, 1.807) is 29.5 Å². The number of rotatable bonds is 3. The summed E-state index contributed by atoms with van der Waals surface area (Å²) in [6.07, 6.45) is 2.28. The largest absolute Gasteiger partial charge is 0.363 e. The van der Waals surface area contributed by atoms with Gasteiger partial charge in [-0.15, -0.1) is 11.3 Å². The Bertz CT molecular complexity index is 1260. The first-order valence-electron chi connectivity index (χ1n) is 10.2. The molecular formula is C24H21FN4OS. The molecule has 0 saturated heterocycles. The summed E-state index contributed by atoms with van der Waals surface area (Å²) in [6.45, 7) is 2.56. The minimum Gasteiger partial charge on any atom is -0.363 e. The van der Waals surface area contributed by atoms with Gasteiger partial charge in [0.25, 0.3) is 0 Å². The van der Waals surface area contributed by atoms with Gasteiger partial charge >= 0.3 is 0 Å². The average Bonchev–Trinajstić information content (AvgIpc) is 3.13. The first-order valence-corrected chi connectivity index (χ1v) is 11.0. The summed E-state index contributed by atoms with van der Waals surface area (Å²) in [7, 11) is 0. The van der Waals surface area contributed by atoms with Gasteiger partial charge in [0.2, 0.25) is 5.91 Å². The van der Waals surface area contributed by atoms with E-state index in [0.29, 0.717) is 19.5 Å². The highest BCUT2D eigenvalue weighted by Crippen LogP contribution is 2.37. The van der Waals surface area contributed by atoms with Crippen molar-refractivity contribution < 1.29 is 9.18 Å². The van der Waals surface area contributed by atoms with Gasteiger partial charge in [-0.2, -0.15) is 0 Å². The summed E-state index contributed by atoms with van der Waals surface area (Å²) < 4.78 is 13.9. The van der Waals surface area contributed by atoms with Gasteiger partial charge in [-0.1, -0.05) is 36.4 Å². The molecule has 1 atom stereocenters. The molecule has 1 unspecified atom stereocenters. The molecule has 4 aromatic rings. The van der Waals surface area contributed by atoms with Gasteiger partial charge in [0.15, 0.2) is 0 Å². The van der Waals surface area contributed by atoms with E-state index in [0.717, 1.165) is 37.6 Å². The van der Waals surface area contributed by atoms with E-state index in [2.05, 4.69) is 33.5 Å². The Labute approximate surface area is 183 Å². The second kappa shape index (κ2) is 8.07. The zero-order valence-electron chi connectivity index (χ0n) is 17.0. The number of nitrogens with one attached hydrogen (secondary N) is 1. The van der Waals surface area contributed by atoms with Crippen LogP contribution in [0.25, 0.3) is 20.7 Å². The SMILES string of the molecule is CC(=O)N1CCC(Nc2ncnc3sc(-c4ccccc4)cc23)c2ccc(F)cc2C1. The molecule has 2 aromatic heterocycles. The zero-order chi connectivity index (χ0) is 21.4. The Balaban J connectivity index is 1.52. The average molecular weight is 433 g/mol. The lowest BCUT2D eigenvalue weighted by atomic mass is 9.99. The molecule has 156 valence electrons. The fraction of sp³-hybridized carbons (Fsp3) is 0.208. The number of amides is 1. The van der Waals surface area contributed by atoms with Gasteiger partial charge in [0.05, 0.1) is 11.4 Å². The molecule has 1 aliphatic rings. The lowest BCUT2D eigenvalue weighted by Crippen LogP contribution is -2.28. The molecule has 0 aliphatic carbocycles. The van der Waals surface area contributed by atoms with Gasteiger partial charge in [0.1, 0.15) is 22.8 Å². The van der Waals surface area contributed by atoms with Crippen molar-refractivity contribution in [3.05, 3.63) is 77.9 Å². The number of aromatic nitrogens is 2. The highest BCUT2D eigenvalue weighted by Gasteiger charge is 2.25. The van der Waals surface area contributed by atoms with Crippen LogP contribution in [0.3, 0.4) is 0 Å². The minimum atomic E-state index is -0.294. The van der Waals surface area contributed by atoms with Crippen molar-refractivity contribution in [3.63, 3.8) is 0 Å². The van der Waals surface area contributed by atoms with Crippen molar-refractivity contribution in [1.82, 2.24) is 14.9 Å². The van der Waals surface area contributed by atoms with Crippen LogP contribution in [0.15, 0.2) is 60.9 Å². The number of anilines is 1. The van der Waals surface area contributed by atoms with Crippen molar-refractivity contribution in [3.8, 4) is 10.4 Å². The first kappa shape index (κ1) is 19.6. The van der Waals surface area contributed by atoms with Crippen LogP contribution in [0.1, 0.15) is 30.5 Å². The molecule has 31 heavy (non-hydrogen) atoms. The quantitative estimate of drug-likeness (QED) is 0.471. The lowest BCUT2D eigenvalue weighted by molar-refractivity contribution is -0.129. The van der Waals surface area contributed by atoms with Gasteiger partial charge in [-0.25, -0.2) is 14.4 Å². The molecule has 1 amide bonds. The Morgan fingerprint density at radius 2 is 2.00 bits per heavy atom. The van der Waals surface area contributed by atoms with E-state index in [1.165, 1.54) is 12.1 Å². The van der Waals surface area contributed by atoms with Crippen molar-refractivity contribution >= 4 is 33.3 Å². The number of carbonyl (C=O) groups excluding carboxylic acids is 1. The van der Waals surface area contributed by atoms with E-state index in [1.807, 2.05) is 24.3 Å². The molecule has 0 spiro atoms. The monoisotopic (exact) mass is 432 g/mol. The molecule has 1 N–H and O–H groups in total. The molecule has 5 rings (SSSR count). The summed E-state index contributed by atoms with van der Waals surface area (Å²) in [5.74, 6) is 0.447. The molecule has 0 radical (unpaired) electrons. The Hall–Kier alpha value is -3.32. The number of hydrogen-bond acceptors (Lipinski definition) is 5. The standard InChI is InChI=1S/C24H21FN4OS/c1-15(30)29-10-9-21(19-8-7-18(25)11-17(19)13-29)28-23-20-12-22(16-5-3-2-4-6-16)31-24(20)27-14-26-23/h2-8,11-12,14,21H,9-10,13H2,1H3,(H,26,27,28). The molecule has 0 saturated carbocycles.